The molecule has 34 heavy (non-hydrogen) atoms. The molecule has 0 unspecified atom stereocenters. The van der Waals surface area contributed by atoms with E-state index < -0.39 is 81.7 Å². The van der Waals surface area contributed by atoms with Crippen molar-refractivity contribution in [2.45, 2.75) is 115 Å². The Kier molecular flexibility index (Phi) is 5.79. The van der Waals surface area contributed by atoms with Gasteiger partial charge in [0.15, 0.2) is 6.10 Å². The summed E-state index contributed by atoms with van der Waals surface area (Å²) < 4.78 is 11.5. The predicted molar refractivity (Wildman–Crippen MR) is 119 cm³/mol. The van der Waals surface area contributed by atoms with E-state index in [0.717, 1.165) is 0 Å². The van der Waals surface area contributed by atoms with E-state index in [1.54, 1.807) is 34.6 Å². The molecule has 0 heterocycles. The quantitative estimate of drug-likeness (QED) is 0.364. The van der Waals surface area contributed by atoms with Crippen LogP contribution in [0.25, 0.3) is 0 Å². The van der Waals surface area contributed by atoms with Crippen LogP contribution >= 0.6 is 0 Å². The summed E-state index contributed by atoms with van der Waals surface area (Å²) >= 11 is 0. The molecule has 0 radical (unpaired) electrons. The minimum atomic E-state index is -1.99. The van der Waals surface area contributed by atoms with Crippen molar-refractivity contribution in [3.63, 3.8) is 0 Å². The van der Waals surface area contributed by atoms with Gasteiger partial charge < -0.3 is 35.0 Å². The number of aliphatic hydroxyl groups excluding tert-OH is 2. The first-order valence-corrected chi connectivity index (χ1v) is 12.4. The van der Waals surface area contributed by atoms with Crippen molar-refractivity contribution in [1.82, 2.24) is 0 Å². The lowest BCUT2D eigenvalue weighted by molar-refractivity contribution is -0.235. The van der Waals surface area contributed by atoms with Gasteiger partial charge in [-0.1, -0.05) is 20.8 Å². The second-order valence-corrected chi connectivity index (χ2v) is 12.2. The third kappa shape index (κ3) is 3.03. The van der Waals surface area contributed by atoms with Crippen LogP contribution in [0.1, 0.15) is 73.6 Å². The molecular formula is C25H40O9. The summed E-state index contributed by atoms with van der Waals surface area (Å²) in [7, 11) is 0. The summed E-state index contributed by atoms with van der Waals surface area (Å²) in [5.41, 5.74) is -7.56. The maximum atomic E-state index is 12.5. The highest BCUT2D eigenvalue weighted by molar-refractivity contribution is 5.69. The minimum absolute atomic E-state index is 0.00213. The smallest absolute Gasteiger partial charge is 0.305 e. The van der Waals surface area contributed by atoms with Crippen LogP contribution in [-0.4, -0.2) is 78.7 Å². The van der Waals surface area contributed by atoms with Crippen molar-refractivity contribution in [2.75, 3.05) is 0 Å². The molecule has 4 fully saturated rings. The molecule has 0 saturated heterocycles. The Bertz CT molecular complexity index is 866. The third-order valence-electron chi connectivity index (χ3n) is 10.2. The summed E-state index contributed by atoms with van der Waals surface area (Å²) in [6.07, 6.45) is -4.08. The Balaban J connectivity index is 1.99. The SMILES string of the molecule is CCC(=O)O[C@H]1[C@H]2CC[C@H]3[C@@](C)(O)[C@@H]4C[C@H](O)C(C)(C)[C@@]4(O)[C@H](OC(C)=O)[C@@H](O)[C@@]13C[C@@]2(C)O. The fourth-order valence-electron chi connectivity index (χ4n) is 8.44. The topological polar surface area (TPSA) is 154 Å². The lowest BCUT2D eigenvalue weighted by Gasteiger charge is -2.53. The standard InChI is InChI=1S/C25H40O9/c1-7-17(28)34-19-13-8-9-14-23(6,31)15-10-16(27)21(3,4)25(15,32)20(33-12(2)26)18(29)24(14,19)11-22(13,5)30/h13-16,18-20,27,29-32H,7-11H2,1-6H3/t13-,14+,15+,16+,18-,19+,20-,22-,23-,24+,25+/m1/s1. The van der Waals surface area contributed by atoms with Crippen LogP contribution in [0, 0.1) is 28.6 Å². The number of aliphatic hydroxyl groups is 5. The monoisotopic (exact) mass is 484 g/mol. The van der Waals surface area contributed by atoms with Gasteiger partial charge in [-0.05, 0) is 45.4 Å². The average Bonchev–Trinajstić information content (AvgIpc) is 2.97. The summed E-state index contributed by atoms with van der Waals surface area (Å²) in [6, 6.07) is 0. The van der Waals surface area contributed by atoms with Crippen molar-refractivity contribution in [3.8, 4) is 0 Å². The van der Waals surface area contributed by atoms with E-state index >= 15 is 0 Å². The van der Waals surface area contributed by atoms with Crippen LogP contribution in [0.15, 0.2) is 0 Å². The lowest BCUT2D eigenvalue weighted by atomic mass is 9.56. The fraction of sp³-hybridized carbons (Fsp3) is 0.920. The second-order valence-electron chi connectivity index (χ2n) is 12.2. The van der Waals surface area contributed by atoms with E-state index in [1.165, 1.54) is 6.92 Å². The first-order chi connectivity index (χ1) is 15.5. The Morgan fingerprint density at radius 1 is 0.941 bits per heavy atom. The summed E-state index contributed by atoms with van der Waals surface area (Å²) in [5.74, 6) is -3.37. The van der Waals surface area contributed by atoms with Crippen molar-refractivity contribution >= 4 is 11.9 Å². The highest BCUT2D eigenvalue weighted by Crippen LogP contribution is 2.70. The summed E-state index contributed by atoms with van der Waals surface area (Å²) in [5, 5.41) is 58.9. The molecule has 4 rings (SSSR count). The fourth-order valence-corrected chi connectivity index (χ4v) is 8.44. The van der Waals surface area contributed by atoms with Gasteiger partial charge in [-0.25, -0.2) is 0 Å². The molecule has 0 amide bonds. The van der Waals surface area contributed by atoms with Gasteiger partial charge in [-0.2, -0.15) is 0 Å². The maximum Gasteiger partial charge on any atom is 0.305 e. The molecule has 2 bridgehead atoms. The van der Waals surface area contributed by atoms with Crippen molar-refractivity contribution < 1.29 is 44.6 Å². The van der Waals surface area contributed by atoms with Gasteiger partial charge in [0, 0.05) is 36.0 Å². The van der Waals surface area contributed by atoms with Crippen molar-refractivity contribution in [2.24, 2.45) is 28.6 Å². The summed E-state index contributed by atoms with van der Waals surface area (Å²) in [4.78, 5) is 24.7. The van der Waals surface area contributed by atoms with Gasteiger partial charge in [0.25, 0.3) is 0 Å². The molecule has 11 atom stereocenters. The minimum Gasteiger partial charge on any atom is -0.461 e. The Morgan fingerprint density at radius 2 is 1.56 bits per heavy atom. The number of hydrogen-bond acceptors (Lipinski definition) is 9. The Morgan fingerprint density at radius 3 is 2.12 bits per heavy atom. The van der Waals surface area contributed by atoms with Crippen LogP contribution in [0.5, 0.6) is 0 Å². The molecule has 9 nitrogen and oxygen atoms in total. The van der Waals surface area contributed by atoms with E-state index in [2.05, 4.69) is 0 Å². The number of fused-ring (bicyclic) bond motifs is 2. The van der Waals surface area contributed by atoms with Gasteiger partial charge in [0.2, 0.25) is 0 Å². The maximum absolute atomic E-state index is 12.5. The van der Waals surface area contributed by atoms with Gasteiger partial charge in [-0.3, -0.25) is 9.59 Å². The van der Waals surface area contributed by atoms with Crippen molar-refractivity contribution in [1.29, 1.82) is 0 Å². The molecule has 0 aromatic carbocycles. The number of esters is 2. The molecule has 4 aliphatic carbocycles. The van der Waals surface area contributed by atoms with E-state index in [9.17, 15) is 35.1 Å². The van der Waals surface area contributed by atoms with Crippen LogP contribution in [0.3, 0.4) is 0 Å². The zero-order chi connectivity index (χ0) is 25.6. The number of carbonyl (C=O) groups excluding carboxylic acids is 2. The summed E-state index contributed by atoms with van der Waals surface area (Å²) in [6.45, 7) is 9.30. The molecule has 5 N–H and O–H groups in total. The average molecular weight is 485 g/mol. The van der Waals surface area contributed by atoms with E-state index in [-0.39, 0.29) is 19.3 Å². The van der Waals surface area contributed by atoms with Gasteiger partial charge in [-0.15, -0.1) is 0 Å². The van der Waals surface area contributed by atoms with Gasteiger partial charge >= 0.3 is 11.9 Å². The van der Waals surface area contributed by atoms with Crippen LogP contribution in [-0.2, 0) is 19.1 Å². The molecule has 9 heteroatoms. The molecule has 1 spiro atoms. The second kappa shape index (κ2) is 7.62. The molecule has 194 valence electrons. The first-order valence-electron chi connectivity index (χ1n) is 12.4. The van der Waals surface area contributed by atoms with Crippen molar-refractivity contribution in [3.05, 3.63) is 0 Å². The van der Waals surface area contributed by atoms with E-state index in [4.69, 9.17) is 9.47 Å². The third-order valence-corrected chi connectivity index (χ3v) is 10.2. The molecule has 4 saturated carbocycles. The molecule has 0 aromatic heterocycles. The van der Waals surface area contributed by atoms with E-state index in [1.807, 2.05) is 0 Å². The normalized spacial score (nSPS) is 53.4. The van der Waals surface area contributed by atoms with Crippen LogP contribution < -0.4 is 0 Å². The number of ether oxygens (including phenoxy) is 2. The largest absolute Gasteiger partial charge is 0.461 e. The zero-order valence-corrected chi connectivity index (χ0v) is 20.9. The number of hydrogen-bond donors (Lipinski definition) is 5. The highest BCUT2D eigenvalue weighted by Gasteiger charge is 2.80. The van der Waals surface area contributed by atoms with E-state index in [0.29, 0.717) is 12.8 Å². The van der Waals surface area contributed by atoms with Gasteiger partial charge in [0.1, 0.15) is 17.8 Å². The molecule has 0 aromatic rings. The predicted octanol–water partition coefficient (Wildman–Crippen LogP) is 0.671. The Labute approximate surface area is 200 Å². The first kappa shape index (κ1) is 25.8. The Hall–Kier alpha value is -1.26. The lowest BCUT2D eigenvalue weighted by Crippen LogP contribution is -2.65. The molecular weight excluding hydrogens is 444 g/mol. The highest BCUT2D eigenvalue weighted by atomic mass is 16.6. The van der Waals surface area contributed by atoms with Crippen LogP contribution in [0.2, 0.25) is 0 Å². The zero-order valence-electron chi connectivity index (χ0n) is 20.9. The van der Waals surface area contributed by atoms with Gasteiger partial charge in [0.05, 0.1) is 17.3 Å². The number of carbonyl (C=O) groups is 2. The molecule has 0 aliphatic heterocycles. The van der Waals surface area contributed by atoms with Crippen LogP contribution in [0.4, 0.5) is 0 Å². The number of rotatable bonds is 3. The molecule has 4 aliphatic rings.